The first kappa shape index (κ1) is 13.6. The van der Waals surface area contributed by atoms with E-state index in [1.165, 1.54) is 11.3 Å². The summed E-state index contributed by atoms with van der Waals surface area (Å²) >= 11 is 8.67. The Kier molecular flexibility index (Phi) is 4.07. The van der Waals surface area contributed by atoms with E-state index in [2.05, 4.69) is 10.3 Å². The van der Waals surface area contributed by atoms with Crippen molar-refractivity contribution >= 4 is 34.3 Å². The molecule has 20 heavy (non-hydrogen) atoms. The van der Waals surface area contributed by atoms with Crippen LogP contribution in [0.1, 0.15) is 22.4 Å². The smallest absolute Gasteiger partial charge is 0.304 e. The van der Waals surface area contributed by atoms with Crippen LogP contribution in [0, 0.1) is 0 Å². The Morgan fingerprint density at radius 2 is 2.30 bits per heavy atom. The number of aromatic nitrogens is 1. The van der Waals surface area contributed by atoms with Crippen LogP contribution in [0.25, 0.3) is 0 Å². The van der Waals surface area contributed by atoms with Gasteiger partial charge in [-0.1, -0.05) is 22.9 Å². The minimum atomic E-state index is -0.0779. The van der Waals surface area contributed by atoms with Crippen molar-refractivity contribution in [3.05, 3.63) is 66.2 Å². The Hall–Kier alpha value is -1.34. The maximum absolute atomic E-state index is 11.1. The van der Waals surface area contributed by atoms with E-state index in [0.29, 0.717) is 6.54 Å². The standard InChI is InChI=1S/C13H11ClN2O2S2/c14-11-4-3-10(20-11)12(9-2-1-5-18-9)15-6-8-7-19-13(17)16-8/h1-5,7,12,15H,6H2,(H,16,17). The van der Waals surface area contributed by atoms with E-state index in [-0.39, 0.29) is 10.9 Å². The summed E-state index contributed by atoms with van der Waals surface area (Å²) in [7, 11) is 0. The third-order valence-corrected chi connectivity index (χ3v) is 4.79. The highest BCUT2D eigenvalue weighted by Gasteiger charge is 2.18. The van der Waals surface area contributed by atoms with E-state index in [0.717, 1.165) is 32.0 Å². The van der Waals surface area contributed by atoms with Crippen molar-refractivity contribution in [1.29, 1.82) is 0 Å². The zero-order chi connectivity index (χ0) is 13.9. The molecule has 0 radical (unpaired) electrons. The number of aromatic amines is 1. The van der Waals surface area contributed by atoms with E-state index in [1.807, 2.05) is 29.6 Å². The van der Waals surface area contributed by atoms with Gasteiger partial charge in [0.1, 0.15) is 11.8 Å². The van der Waals surface area contributed by atoms with Gasteiger partial charge in [0.15, 0.2) is 0 Å². The van der Waals surface area contributed by atoms with Crippen molar-refractivity contribution in [3.8, 4) is 0 Å². The van der Waals surface area contributed by atoms with Gasteiger partial charge in [-0.3, -0.25) is 10.1 Å². The van der Waals surface area contributed by atoms with Crippen molar-refractivity contribution in [3.63, 3.8) is 0 Å². The summed E-state index contributed by atoms with van der Waals surface area (Å²) in [6.45, 7) is 0.555. The van der Waals surface area contributed by atoms with Gasteiger partial charge in [0, 0.05) is 22.5 Å². The molecule has 3 heterocycles. The van der Waals surface area contributed by atoms with Crippen LogP contribution in [0.5, 0.6) is 0 Å². The molecule has 0 saturated carbocycles. The second kappa shape index (κ2) is 5.97. The molecule has 2 N–H and O–H groups in total. The minimum absolute atomic E-state index is 0.0458. The number of hydrogen-bond acceptors (Lipinski definition) is 5. The molecule has 4 nitrogen and oxygen atoms in total. The fourth-order valence-corrected chi connectivity index (χ4v) is 3.62. The zero-order valence-electron chi connectivity index (χ0n) is 10.3. The van der Waals surface area contributed by atoms with Gasteiger partial charge in [-0.05, 0) is 24.3 Å². The molecule has 3 aromatic rings. The number of thiophene rings is 1. The maximum atomic E-state index is 11.1. The fourth-order valence-electron chi connectivity index (χ4n) is 1.89. The normalized spacial score (nSPS) is 12.7. The molecule has 0 saturated heterocycles. The van der Waals surface area contributed by atoms with Crippen LogP contribution >= 0.6 is 34.3 Å². The largest absolute Gasteiger partial charge is 0.467 e. The second-order valence-corrected chi connectivity index (χ2v) is 6.73. The summed E-state index contributed by atoms with van der Waals surface area (Å²) in [6.07, 6.45) is 1.64. The van der Waals surface area contributed by atoms with E-state index in [4.69, 9.17) is 16.0 Å². The van der Waals surface area contributed by atoms with Crippen LogP contribution < -0.4 is 10.2 Å². The molecule has 0 bridgehead atoms. The van der Waals surface area contributed by atoms with Crippen LogP contribution in [0.2, 0.25) is 4.34 Å². The number of nitrogens with one attached hydrogen (secondary N) is 2. The number of hydrogen-bond donors (Lipinski definition) is 2. The molecule has 0 amide bonds. The zero-order valence-corrected chi connectivity index (χ0v) is 12.6. The molecule has 0 aromatic carbocycles. The molecule has 3 aromatic heterocycles. The van der Waals surface area contributed by atoms with Crippen LogP contribution in [0.3, 0.4) is 0 Å². The summed E-state index contributed by atoms with van der Waals surface area (Å²) in [5.41, 5.74) is 0.860. The van der Waals surface area contributed by atoms with Crippen molar-refractivity contribution in [2.75, 3.05) is 0 Å². The number of rotatable bonds is 5. The number of thiazole rings is 1. The van der Waals surface area contributed by atoms with Gasteiger partial charge < -0.3 is 9.40 Å². The highest BCUT2D eigenvalue weighted by atomic mass is 35.5. The highest BCUT2D eigenvalue weighted by molar-refractivity contribution is 7.16. The van der Waals surface area contributed by atoms with Gasteiger partial charge >= 0.3 is 4.87 Å². The van der Waals surface area contributed by atoms with Gasteiger partial charge in [0.25, 0.3) is 0 Å². The van der Waals surface area contributed by atoms with E-state index in [9.17, 15) is 4.79 Å². The first-order chi connectivity index (χ1) is 9.72. The summed E-state index contributed by atoms with van der Waals surface area (Å²) in [5, 5.41) is 5.19. The van der Waals surface area contributed by atoms with Crippen LogP contribution in [-0.4, -0.2) is 4.98 Å². The molecule has 1 atom stereocenters. The van der Waals surface area contributed by atoms with E-state index >= 15 is 0 Å². The molecule has 1 unspecified atom stereocenters. The Bertz CT molecular complexity index is 729. The van der Waals surface area contributed by atoms with Crippen molar-refractivity contribution in [2.45, 2.75) is 12.6 Å². The first-order valence-corrected chi connectivity index (χ1v) is 7.98. The van der Waals surface area contributed by atoms with Crippen molar-refractivity contribution < 1.29 is 4.42 Å². The molecular weight excluding hydrogens is 316 g/mol. The molecule has 3 rings (SSSR count). The van der Waals surface area contributed by atoms with E-state index < -0.39 is 0 Å². The van der Waals surface area contributed by atoms with Gasteiger partial charge in [0.05, 0.1) is 10.6 Å². The van der Waals surface area contributed by atoms with Crippen molar-refractivity contribution in [1.82, 2.24) is 10.3 Å². The third-order valence-electron chi connectivity index (χ3n) is 2.77. The predicted octanol–water partition coefficient (Wildman–Crippen LogP) is 3.62. The maximum Gasteiger partial charge on any atom is 0.304 e. The summed E-state index contributed by atoms with van der Waals surface area (Å²) < 4.78 is 6.22. The summed E-state index contributed by atoms with van der Waals surface area (Å²) in [5.74, 6) is 0.820. The molecule has 0 aliphatic rings. The quantitative estimate of drug-likeness (QED) is 0.753. The molecule has 0 aliphatic heterocycles. The van der Waals surface area contributed by atoms with Gasteiger partial charge in [-0.15, -0.1) is 11.3 Å². The topological polar surface area (TPSA) is 58.0 Å². The average molecular weight is 327 g/mol. The Labute approximate surface area is 128 Å². The Balaban J connectivity index is 1.81. The Morgan fingerprint density at radius 3 is 2.90 bits per heavy atom. The predicted molar refractivity (Wildman–Crippen MR) is 81.7 cm³/mol. The highest BCUT2D eigenvalue weighted by Crippen LogP contribution is 2.31. The fraction of sp³-hybridized carbons (Fsp3) is 0.154. The second-order valence-electron chi connectivity index (χ2n) is 4.14. The number of halogens is 1. The lowest BCUT2D eigenvalue weighted by atomic mass is 10.2. The van der Waals surface area contributed by atoms with Crippen LogP contribution in [0.4, 0.5) is 0 Å². The molecule has 104 valence electrons. The lowest BCUT2D eigenvalue weighted by Crippen LogP contribution is -2.21. The summed E-state index contributed by atoms with van der Waals surface area (Å²) in [6, 6.07) is 7.54. The molecule has 0 spiro atoms. The van der Waals surface area contributed by atoms with Crippen LogP contribution in [0.15, 0.2) is 45.1 Å². The Morgan fingerprint density at radius 1 is 1.40 bits per heavy atom. The molecule has 0 fully saturated rings. The van der Waals surface area contributed by atoms with Crippen LogP contribution in [-0.2, 0) is 6.54 Å². The molecule has 0 aliphatic carbocycles. The minimum Gasteiger partial charge on any atom is -0.467 e. The monoisotopic (exact) mass is 326 g/mol. The number of furan rings is 1. The van der Waals surface area contributed by atoms with Gasteiger partial charge in [-0.2, -0.15) is 0 Å². The first-order valence-electron chi connectivity index (χ1n) is 5.91. The number of H-pyrrole nitrogens is 1. The lowest BCUT2D eigenvalue weighted by molar-refractivity contribution is 0.448. The van der Waals surface area contributed by atoms with Crippen molar-refractivity contribution in [2.24, 2.45) is 0 Å². The SMILES string of the molecule is O=c1[nH]c(CNC(c2ccco2)c2ccc(Cl)s2)cs1. The molecule has 7 heteroatoms. The lowest BCUT2D eigenvalue weighted by Gasteiger charge is -2.14. The van der Waals surface area contributed by atoms with E-state index in [1.54, 1.807) is 6.26 Å². The average Bonchev–Trinajstić information content (AvgIpc) is 3.13. The third kappa shape index (κ3) is 3.04. The van der Waals surface area contributed by atoms with Gasteiger partial charge in [-0.25, -0.2) is 0 Å². The van der Waals surface area contributed by atoms with Gasteiger partial charge in [0.2, 0.25) is 0 Å². The summed E-state index contributed by atoms with van der Waals surface area (Å²) in [4.78, 5) is 14.9. The molecular formula is C13H11ClN2O2S2.